The first-order valence-electron chi connectivity index (χ1n) is 7.60. The standard InChI is InChI=1S/C20H17NO2S/c1-17-12-14-20(15-13-17)24(22,23)21-16-6-11-19(21)10-5-9-18-7-3-2-4-8-18/h2-4,6-8,11-16H,10H2,1H3. The first kappa shape index (κ1) is 16.1. The number of nitrogens with zero attached hydrogens (tertiary/aromatic N) is 1. The molecule has 0 aliphatic rings. The topological polar surface area (TPSA) is 39.1 Å². The van der Waals surface area contributed by atoms with Gasteiger partial charge in [0.1, 0.15) is 0 Å². The van der Waals surface area contributed by atoms with E-state index in [4.69, 9.17) is 0 Å². The molecule has 0 saturated carbocycles. The van der Waals surface area contributed by atoms with Crippen molar-refractivity contribution in [3.8, 4) is 11.8 Å². The third kappa shape index (κ3) is 3.42. The summed E-state index contributed by atoms with van der Waals surface area (Å²) in [4.78, 5) is 0.279. The van der Waals surface area contributed by atoms with Crippen LogP contribution in [0.1, 0.15) is 16.8 Å². The van der Waals surface area contributed by atoms with Crippen molar-refractivity contribution in [2.45, 2.75) is 18.2 Å². The number of rotatable bonds is 3. The first-order chi connectivity index (χ1) is 11.6. The fraction of sp³-hybridized carbons (Fsp3) is 0.100. The molecule has 3 nitrogen and oxygen atoms in total. The summed E-state index contributed by atoms with van der Waals surface area (Å²) in [5.41, 5.74) is 2.59. The number of aromatic nitrogens is 1. The average molecular weight is 335 g/mol. The van der Waals surface area contributed by atoms with E-state index in [9.17, 15) is 8.42 Å². The molecule has 0 aliphatic heterocycles. The van der Waals surface area contributed by atoms with Crippen LogP contribution in [-0.4, -0.2) is 12.4 Å². The zero-order valence-corrected chi connectivity index (χ0v) is 14.1. The molecule has 4 heteroatoms. The van der Waals surface area contributed by atoms with Gasteiger partial charge in [0.05, 0.1) is 11.3 Å². The van der Waals surface area contributed by atoms with Crippen LogP contribution in [0, 0.1) is 18.8 Å². The first-order valence-corrected chi connectivity index (χ1v) is 9.04. The molecule has 0 N–H and O–H groups in total. The summed E-state index contributed by atoms with van der Waals surface area (Å²) < 4.78 is 26.9. The fourth-order valence-corrected chi connectivity index (χ4v) is 3.73. The van der Waals surface area contributed by atoms with Gasteiger partial charge in [-0.05, 0) is 43.3 Å². The molecule has 0 saturated heterocycles. The Kier molecular flexibility index (Phi) is 4.54. The minimum Gasteiger partial charge on any atom is -0.245 e. The Balaban J connectivity index is 1.88. The number of benzene rings is 2. The van der Waals surface area contributed by atoms with E-state index < -0.39 is 10.0 Å². The Labute approximate surface area is 142 Å². The Morgan fingerprint density at radius 1 is 0.917 bits per heavy atom. The maximum Gasteiger partial charge on any atom is 0.267 e. The maximum atomic E-state index is 12.8. The maximum absolute atomic E-state index is 12.8. The molecule has 0 radical (unpaired) electrons. The molecule has 0 fully saturated rings. The molecule has 0 atom stereocenters. The van der Waals surface area contributed by atoms with Crippen LogP contribution in [0.15, 0.2) is 77.8 Å². The van der Waals surface area contributed by atoms with E-state index in [0.29, 0.717) is 12.1 Å². The summed E-state index contributed by atoms with van der Waals surface area (Å²) in [6, 6.07) is 20.0. The molecule has 2 aromatic carbocycles. The van der Waals surface area contributed by atoms with Crippen LogP contribution in [0.5, 0.6) is 0 Å². The van der Waals surface area contributed by atoms with E-state index in [0.717, 1.165) is 11.1 Å². The van der Waals surface area contributed by atoms with Crippen molar-refractivity contribution in [2.75, 3.05) is 0 Å². The van der Waals surface area contributed by atoms with Gasteiger partial charge in [-0.3, -0.25) is 0 Å². The minimum absolute atomic E-state index is 0.279. The zero-order chi connectivity index (χ0) is 17.0. The summed E-state index contributed by atoms with van der Waals surface area (Å²) in [6.45, 7) is 1.93. The van der Waals surface area contributed by atoms with E-state index in [1.165, 1.54) is 3.97 Å². The zero-order valence-electron chi connectivity index (χ0n) is 13.3. The normalized spacial score (nSPS) is 10.9. The number of aryl methyl sites for hydroxylation is 1. The number of hydrogen-bond donors (Lipinski definition) is 0. The van der Waals surface area contributed by atoms with Crippen molar-refractivity contribution in [1.82, 2.24) is 3.97 Å². The van der Waals surface area contributed by atoms with Crippen molar-refractivity contribution in [2.24, 2.45) is 0 Å². The molecular weight excluding hydrogens is 318 g/mol. The second kappa shape index (κ2) is 6.77. The van der Waals surface area contributed by atoms with Crippen molar-refractivity contribution in [1.29, 1.82) is 0 Å². The fourth-order valence-electron chi connectivity index (χ4n) is 2.35. The number of hydrogen-bond acceptors (Lipinski definition) is 2. The second-order valence-corrected chi connectivity index (χ2v) is 7.27. The highest BCUT2D eigenvalue weighted by Gasteiger charge is 2.18. The van der Waals surface area contributed by atoms with Crippen LogP contribution in [0.25, 0.3) is 0 Å². The van der Waals surface area contributed by atoms with Gasteiger partial charge >= 0.3 is 0 Å². The average Bonchev–Trinajstić information content (AvgIpc) is 3.06. The quantitative estimate of drug-likeness (QED) is 0.686. The summed E-state index contributed by atoms with van der Waals surface area (Å²) in [5.74, 6) is 6.09. The lowest BCUT2D eigenvalue weighted by molar-refractivity contribution is 0.586. The van der Waals surface area contributed by atoms with E-state index in [2.05, 4.69) is 11.8 Å². The Hall–Kier alpha value is -2.77. The molecule has 24 heavy (non-hydrogen) atoms. The molecule has 0 aliphatic carbocycles. The van der Waals surface area contributed by atoms with Gasteiger partial charge in [0.15, 0.2) is 0 Å². The van der Waals surface area contributed by atoms with Gasteiger partial charge in [0, 0.05) is 17.5 Å². The van der Waals surface area contributed by atoms with Crippen LogP contribution < -0.4 is 0 Å². The van der Waals surface area contributed by atoms with Gasteiger partial charge in [-0.15, -0.1) is 0 Å². The predicted molar refractivity (Wildman–Crippen MR) is 95.2 cm³/mol. The highest BCUT2D eigenvalue weighted by atomic mass is 32.2. The lowest BCUT2D eigenvalue weighted by Gasteiger charge is -2.09. The smallest absolute Gasteiger partial charge is 0.245 e. The van der Waals surface area contributed by atoms with E-state index >= 15 is 0 Å². The van der Waals surface area contributed by atoms with Gasteiger partial charge in [-0.1, -0.05) is 47.7 Å². The van der Waals surface area contributed by atoms with Crippen molar-refractivity contribution in [3.05, 3.63) is 89.7 Å². The van der Waals surface area contributed by atoms with Crippen LogP contribution in [-0.2, 0) is 16.4 Å². The van der Waals surface area contributed by atoms with Crippen molar-refractivity contribution >= 4 is 10.0 Å². The molecule has 3 rings (SSSR count). The molecule has 1 aromatic heterocycles. The summed E-state index contributed by atoms with van der Waals surface area (Å²) in [5, 5.41) is 0. The van der Waals surface area contributed by atoms with E-state index in [1.807, 2.05) is 37.3 Å². The van der Waals surface area contributed by atoms with Crippen LogP contribution >= 0.6 is 0 Å². The molecule has 0 spiro atoms. The SMILES string of the molecule is Cc1ccc(S(=O)(=O)n2cccc2CC#Cc2ccccc2)cc1. The Morgan fingerprint density at radius 2 is 1.62 bits per heavy atom. The minimum atomic E-state index is -3.59. The third-order valence-electron chi connectivity index (χ3n) is 3.65. The van der Waals surface area contributed by atoms with Crippen molar-refractivity contribution in [3.63, 3.8) is 0 Å². The van der Waals surface area contributed by atoms with Gasteiger partial charge in [-0.25, -0.2) is 12.4 Å². The molecule has 0 unspecified atom stereocenters. The summed E-state index contributed by atoms with van der Waals surface area (Å²) >= 11 is 0. The van der Waals surface area contributed by atoms with Crippen LogP contribution in [0.4, 0.5) is 0 Å². The summed E-state index contributed by atoms with van der Waals surface area (Å²) in [6.07, 6.45) is 1.93. The molecule has 1 heterocycles. The van der Waals surface area contributed by atoms with E-state index in [1.54, 1.807) is 42.6 Å². The summed E-state index contributed by atoms with van der Waals surface area (Å²) in [7, 11) is -3.59. The molecular formula is C20H17NO2S. The molecule has 0 bridgehead atoms. The van der Waals surface area contributed by atoms with E-state index in [-0.39, 0.29) is 4.90 Å². The third-order valence-corrected chi connectivity index (χ3v) is 5.39. The lowest BCUT2D eigenvalue weighted by Crippen LogP contribution is -2.14. The van der Waals surface area contributed by atoms with Crippen molar-refractivity contribution < 1.29 is 8.42 Å². The van der Waals surface area contributed by atoms with Gasteiger partial charge in [0.25, 0.3) is 10.0 Å². The Morgan fingerprint density at radius 3 is 2.33 bits per heavy atom. The monoisotopic (exact) mass is 335 g/mol. The van der Waals surface area contributed by atoms with Gasteiger partial charge in [0.2, 0.25) is 0 Å². The van der Waals surface area contributed by atoms with Gasteiger partial charge < -0.3 is 0 Å². The largest absolute Gasteiger partial charge is 0.267 e. The molecule has 0 amide bonds. The van der Waals surface area contributed by atoms with Crippen LogP contribution in [0.2, 0.25) is 0 Å². The molecule has 120 valence electrons. The van der Waals surface area contributed by atoms with Gasteiger partial charge in [-0.2, -0.15) is 0 Å². The lowest BCUT2D eigenvalue weighted by atomic mass is 10.2. The van der Waals surface area contributed by atoms with Crippen LogP contribution in [0.3, 0.4) is 0 Å². The predicted octanol–water partition coefficient (Wildman–Crippen LogP) is 3.63. The second-order valence-electron chi connectivity index (χ2n) is 5.46. The Bertz CT molecular complexity index is 989. The highest BCUT2D eigenvalue weighted by molar-refractivity contribution is 7.90. The molecule has 3 aromatic rings. The highest BCUT2D eigenvalue weighted by Crippen LogP contribution is 2.17.